The van der Waals surface area contributed by atoms with Gasteiger partial charge in [-0.15, -0.1) is 0 Å². The highest BCUT2D eigenvalue weighted by molar-refractivity contribution is 5.76. The van der Waals surface area contributed by atoms with E-state index < -0.39 is 0 Å². The summed E-state index contributed by atoms with van der Waals surface area (Å²) in [6, 6.07) is 0.238. The van der Waals surface area contributed by atoms with Gasteiger partial charge in [0.15, 0.2) is 0 Å². The van der Waals surface area contributed by atoms with Crippen molar-refractivity contribution in [2.45, 2.75) is 67.0 Å². The van der Waals surface area contributed by atoms with Gasteiger partial charge in [-0.3, -0.25) is 4.79 Å². The van der Waals surface area contributed by atoms with Crippen molar-refractivity contribution in [2.75, 3.05) is 0 Å². The van der Waals surface area contributed by atoms with Crippen LogP contribution in [0.2, 0.25) is 0 Å². The summed E-state index contributed by atoms with van der Waals surface area (Å²) in [5.41, 5.74) is 1.04. The molecule has 104 valence electrons. The maximum Gasteiger partial charge on any atom is 0.240 e. The van der Waals surface area contributed by atoms with Gasteiger partial charge in [0, 0.05) is 12.2 Å². The van der Waals surface area contributed by atoms with E-state index in [1.54, 1.807) is 0 Å². The minimum atomic E-state index is 0.0532. The summed E-state index contributed by atoms with van der Waals surface area (Å²) < 4.78 is 1.90. The number of imidazole rings is 1. The summed E-state index contributed by atoms with van der Waals surface area (Å²) in [6.07, 6.45) is 3.81. The highest BCUT2D eigenvalue weighted by Crippen LogP contribution is 2.03. The minimum Gasteiger partial charge on any atom is -0.352 e. The molecule has 1 atom stereocenters. The first-order valence-electron chi connectivity index (χ1n) is 6.88. The second kappa shape index (κ2) is 8.72. The molecule has 1 aromatic heterocycles. The van der Waals surface area contributed by atoms with Crippen molar-refractivity contribution in [2.24, 2.45) is 0 Å². The van der Waals surface area contributed by atoms with Gasteiger partial charge in [-0.25, -0.2) is 4.98 Å². The molecule has 4 heteroatoms. The Bertz CT molecular complexity index is 358. The summed E-state index contributed by atoms with van der Waals surface area (Å²) in [7, 11) is 0. The Hall–Kier alpha value is -1.32. The molecule has 0 radical (unpaired) electrons. The fourth-order valence-electron chi connectivity index (χ4n) is 1.48. The van der Waals surface area contributed by atoms with Crippen molar-refractivity contribution in [3.8, 4) is 0 Å². The molecule has 0 spiro atoms. The molecule has 0 bridgehead atoms. The van der Waals surface area contributed by atoms with Crippen molar-refractivity contribution < 1.29 is 4.79 Å². The molecule has 0 saturated heterocycles. The zero-order valence-electron chi connectivity index (χ0n) is 12.6. The van der Waals surface area contributed by atoms with Crippen LogP contribution in [0, 0.1) is 6.92 Å². The van der Waals surface area contributed by atoms with Gasteiger partial charge in [-0.2, -0.15) is 0 Å². The number of nitrogens with one attached hydrogen (secondary N) is 1. The van der Waals surface area contributed by atoms with Crippen LogP contribution in [0.3, 0.4) is 0 Å². The third-order valence-corrected chi connectivity index (χ3v) is 2.72. The second-order valence-electron chi connectivity index (χ2n) is 4.14. The predicted molar refractivity (Wildman–Crippen MR) is 75.6 cm³/mol. The number of carbonyl (C=O) groups is 1. The van der Waals surface area contributed by atoms with Crippen molar-refractivity contribution in [3.63, 3.8) is 0 Å². The lowest BCUT2D eigenvalue weighted by Gasteiger charge is -2.12. The lowest BCUT2D eigenvalue weighted by molar-refractivity contribution is -0.122. The Kier molecular flexibility index (Phi) is 8.08. The molecule has 0 aliphatic heterocycles. The lowest BCUT2D eigenvalue weighted by Crippen LogP contribution is -2.34. The predicted octanol–water partition coefficient (Wildman–Crippen LogP) is 2.69. The third kappa shape index (κ3) is 5.34. The van der Waals surface area contributed by atoms with Crippen LogP contribution >= 0.6 is 0 Å². The summed E-state index contributed by atoms with van der Waals surface area (Å²) in [4.78, 5) is 16.0. The highest BCUT2D eigenvalue weighted by Gasteiger charge is 2.09. The smallest absolute Gasteiger partial charge is 0.240 e. The lowest BCUT2D eigenvalue weighted by atomic mass is 10.2. The molecule has 1 amide bonds. The summed E-state index contributed by atoms with van der Waals surface area (Å²) in [5, 5.41) is 2.94. The Morgan fingerprint density at radius 3 is 2.50 bits per heavy atom. The van der Waals surface area contributed by atoms with E-state index in [0.717, 1.165) is 24.4 Å². The largest absolute Gasteiger partial charge is 0.352 e. The molecule has 1 heterocycles. The summed E-state index contributed by atoms with van der Waals surface area (Å²) >= 11 is 0. The van der Waals surface area contributed by atoms with Crippen molar-refractivity contribution in [1.29, 1.82) is 0 Å². The number of hydrogen-bond donors (Lipinski definition) is 1. The molecular formula is C14H27N3O. The molecule has 1 rings (SSSR count). The van der Waals surface area contributed by atoms with E-state index in [4.69, 9.17) is 0 Å². The average Bonchev–Trinajstić information content (AvgIpc) is 2.72. The van der Waals surface area contributed by atoms with Gasteiger partial charge >= 0.3 is 0 Å². The Labute approximate surface area is 111 Å². The third-order valence-electron chi connectivity index (χ3n) is 2.72. The number of aromatic nitrogens is 2. The van der Waals surface area contributed by atoms with Gasteiger partial charge in [0.1, 0.15) is 12.4 Å². The van der Waals surface area contributed by atoms with E-state index in [2.05, 4.69) is 24.1 Å². The summed E-state index contributed by atoms with van der Waals surface area (Å²) in [5.74, 6) is 0.952. The van der Waals surface area contributed by atoms with Crippen LogP contribution in [0.4, 0.5) is 0 Å². The molecule has 0 fully saturated rings. The highest BCUT2D eigenvalue weighted by atomic mass is 16.2. The van der Waals surface area contributed by atoms with Crippen LogP contribution < -0.4 is 5.32 Å². The monoisotopic (exact) mass is 253 g/mol. The van der Waals surface area contributed by atoms with Crippen LogP contribution in [0.5, 0.6) is 0 Å². The van der Waals surface area contributed by atoms with E-state index in [1.807, 2.05) is 38.5 Å². The van der Waals surface area contributed by atoms with Gasteiger partial charge in [0.25, 0.3) is 0 Å². The van der Waals surface area contributed by atoms with Crippen LogP contribution in [0.1, 0.15) is 52.6 Å². The van der Waals surface area contributed by atoms with E-state index in [1.165, 1.54) is 0 Å². The fraction of sp³-hybridized carbons (Fsp3) is 0.714. The van der Waals surface area contributed by atoms with Crippen LogP contribution in [-0.2, 0) is 17.8 Å². The van der Waals surface area contributed by atoms with Crippen LogP contribution in [-0.4, -0.2) is 21.5 Å². The Balaban J connectivity index is 0.00000137. The second-order valence-corrected chi connectivity index (χ2v) is 4.14. The number of aryl methyl sites for hydroxylation is 2. The number of nitrogens with zero attached hydrogens (tertiary/aromatic N) is 2. The number of carbonyl (C=O) groups excluding carboxylic acids is 1. The average molecular weight is 253 g/mol. The maximum absolute atomic E-state index is 11.7. The van der Waals surface area contributed by atoms with E-state index in [0.29, 0.717) is 6.54 Å². The van der Waals surface area contributed by atoms with Crippen LogP contribution in [0.15, 0.2) is 6.20 Å². The molecule has 1 unspecified atom stereocenters. The maximum atomic E-state index is 11.7. The Morgan fingerprint density at radius 2 is 2.06 bits per heavy atom. The molecule has 0 saturated carbocycles. The first-order chi connectivity index (χ1) is 8.56. The van der Waals surface area contributed by atoms with Crippen molar-refractivity contribution in [3.05, 3.63) is 17.7 Å². The number of rotatable bonds is 5. The Morgan fingerprint density at radius 1 is 1.44 bits per heavy atom. The molecule has 1 N–H and O–H groups in total. The topological polar surface area (TPSA) is 46.9 Å². The summed E-state index contributed by atoms with van der Waals surface area (Å²) in [6.45, 7) is 12.4. The van der Waals surface area contributed by atoms with E-state index in [9.17, 15) is 4.79 Å². The van der Waals surface area contributed by atoms with Crippen molar-refractivity contribution in [1.82, 2.24) is 14.9 Å². The zero-order chi connectivity index (χ0) is 14.1. The first-order valence-corrected chi connectivity index (χ1v) is 6.88. The van der Waals surface area contributed by atoms with Gasteiger partial charge in [-0.1, -0.05) is 27.7 Å². The standard InChI is InChI=1S/C12H21N3O.C2H6/c1-5-9(3)13-12(16)8-15-7-11(6-2)14-10(15)4;1-2/h7,9H,5-6,8H2,1-4H3,(H,13,16);1-2H3. The minimum absolute atomic E-state index is 0.0532. The molecule has 0 aromatic carbocycles. The molecule has 4 nitrogen and oxygen atoms in total. The fourth-order valence-corrected chi connectivity index (χ4v) is 1.48. The van der Waals surface area contributed by atoms with Crippen LogP contribution in [0.25, 0.3) is 0 Å². The van der Waals surface area contributed by atoms with Crippen molar-refractivity contribution >= 4 is 5.91 Å². The SMILES string of the molecule is CC.CCc1cn(CC(=O)NC(C)CC)c(C)n1. The van der Waals surface area contributed by atoms with E-state index >= 15 is 0 Å². The quantitative estimate of drug-likeness (QED) is 0.877. The van der Waals surface area contributed by atoms with E-state index in [-0.39, 0.29) is 11.9 Å². The molecular weight excluding hydrogens is 226 g/mol. The van der Waals surface area contributed by atoms with Gasteiger partial charge in [0.05, 0.1) is 5.69 Å². The first kappa shape index (κ1) is 16.7. The molecule has 18 heavy (non-hydrogen) atoms. The molecule has 0 aliphatic rings. The van der Waals surface area contributed by atoms with Gasteiger partial charge in [0.2, 0.25) is 5.91 Å². The van der Waals surface area contributed by atoms with Gasteiger partial charge in [-0.05, 0) is 26.7 Å². The van der Waals surface area contributed by atoms with Gasteiger partial charge < -0.3 is 9.88 Å². The normalized spacial score (nSPS) is 11.4. The number of hydrogen-bond acceptors (Lipinski definition) is 2. The molecule has 1 aromatic rings. The zero-order valence-corrected chi connectivity index (χ0v) is 12.6. The number of amides is 1. The molecule has 0 aliphatic carbocycles.